The van der Waals surface area contributed by atoms with Crippen LogP contribution < -0.4 is 0 Å². The van der Waals surface area contributed by atoms with Gasteiger partial charge in [0, 0.05) is 56.2 Å². The van der Waals surface area contributed by atoms with Gasteiger partial charge in [-0.05, 0) is 0 Å². The molecule has 0 atom stereocenters. The first kappa shape index (κ1) is 14.1. The van der Waals surface area contributed by atoms with Gasteiger partial charge in [-0.15, -0.1) is 0 Å². The van der Waals surface area contributed by atoms with Crippen LogP contribution in [0, 0.1) is 0 Å². The van der Waals surface area contributed by atoms with Gasteiger partial charge in [0.05, 0.1) is 26.2 Å². The number of hydrogen-bond acceptors (Lipinski definition) is 4. The van der Waals surface area contributed by atoms with Crippen LogP contribution in [0.1, 0.15) is 6.42 Å². The summed E-state index contributed by atoms with van der Waals surface area (Å²) in [6.45, 7) is 5.22. The lowest BCUT2D eigenvalue weighted by molar-refractivity contribution is -0.133. The fourth-order valence-electron chi connectivity index (χ4n) is 1.49. The van der Waals surface area contributed by atoms with Crippen LogP contribution in [0.25, 0.3) is 0 Å². The number of carbonyl (C=O) groups is 1. The molecular formula is C10H19IN2O3. The number of halogens is 1. The van der Waals surface area contributed by atoms with E-state index in [0.717, 1.165) is 26.2 Å². The Hall–Kier alpha value is 0.0800. The van der Waals surface area contributed by atoms with E-state index in [1.807, 2.05) is 4.90 Å². The van der Waals surface area contributed by atoms with Gasteiger partial charge in [-0.2, -0.15) is 0 Å². The Kier molecular flexibility index (Phi) is 7.26. The van der Waals surface area contributed by atoms with Crippen molar-refractivity contribution in [3.63, 3.8) is 0 Å². The molecule has 0 aromatic rings. The number of rotatable bonds is 6. The number of piperazine rings is 1. The summed E-state index contributed by atoms with van der Waals surface area (Å²) in [6, 6.07) is 0. The minimum Gasteiger partial charge on any atom is -0.382 e. The predicted octanol–water partition coefficient (Wildman–Crippen LogP) is 0.534. The van der Waals surface area contributed by atoms with Crippen molar-refractivity contribution in [1.29, 1.82) is 0 Å². The maximum atomic E-state index is 11.7. The summed E-state index contributed by atoms with van der Waals surface area (Å²) in [6.07, 6.45) is 0.477. The highest BCUT2D eigenvalue weighted by molar-refractivity contribution is 14.1. The second kappa shape index (κ2) is 8.21. The van der Waals surface area contributed by atoms with Gasteiger partial charge in [0.15, 0.2) is 0 Å². The third kappa shape index (κ3) is 5.42. The van der Waals surface area contributed by atoms with Crippen molar-refractivity contribution in [1.82, 2.24) is 8.01 Å². The Bertz CT molecular complexity index is 208. The highest BCUT2D eigenvalue weighted by Crippen LogP contribution is 2.07. The van der Waals surface area contributed by atoms with Crippen molar-refractivity contribution in [2.45, 2.75) is 6.42 Å². The van der Waals surface area contributed by atoms with E-state index in [4.69, 9.17) is 9.47 Å². The Morgan fingerprint density at radius 3 is 2.50 bits per heavy atom. The quantitative estimate of drug-likeness (QED) is 0.401. The molecule has 1 heterocycles. The topological polar surface area (TPSA) is 42.0 Å². The lowest BCUT2D eigenvalue weighted by Crippen LogP contribution is -2.45. The van der Waals surface area contributed by atoms with Gasteiger partial charge in [-0.1, -0.05) is 0 Å². The molecule has 1 fully saturated rings. The molecule has 16 heavy (non-hydrogen) atoms. The Morgan fingerprint density at radius 2 is 1.88 bits per heavy atom. The molecule has 1 saturated heterocycles. The molecule has 0 spiro atoms. The average molecular weight is 342 g/mol. The first-order valence-electron chi connectivity index (χ1n) is 5.49. The molecule has 0 aromatic heterocycles. The lowest BCUT2D eigenvalue weighted by atomic mass is 10.3. The Labute approximate surface area is 111 Å². The fraction of sp³-hybridized carbons (Fsp3) is 0.900. The van der Waals surface area contributed by atoms with E-state index in [9.17, 15) is 4.79 Å². The van der Waals surface area contributed by atoms with E-state index in [-0.39, 0.29) is 5.91 Å². The molecule has 0 N–H and O–H groups in total. The molecule has 1 amide bonds. The number of amides is 1. The fourth-order valence-corrected chi connectivity index (χ4v) is 1.92. The molecule has 0 aromatic carbocycles. The molecule has 1 rings (SSSR count). The maximum absolute atomic E-state index is 11.7. The molecule has 0 saturated carbocycles. The van der Waals surface area contributed by atoms with E-state index < -0.39 is 0 Å². The largest absolute Gasteiger partial charge is 0.382 e. The number of methoxy groups -OCH3 is 1. The van der Waals surface area contributed by atoms with Gasteiger partial charge < -0.3 is 14.4 Å². The van der Waals surface area contributed by atoms with E-state index >= 15 is 0 Å². The minimum absolute atomic E-state index is 0.196. The van der Waals surface area contributed by atoms with E-state index in [1.54, 1.807) is 7.11 Å². The zero-order chi connectivity index (χ0) is 11.8. The van der Waals surface area contributed by atoms with Crippen molar-refractivity contribution in [2.75, 3.05) is 53.1 Å². The third-order valence-electron chi connectivity index (χ3n) is 2.47. The Balaban J connectivity index is 2.06. The normalized spacial score (nSPS) is 17.8. The molecule has 1 aliphatic heterocycles. The van der Waals surface area contributed by atoms with Crippen molar-refractivity contribution in [3.8, 4) is 0 Å². The summed E-state index contributed by atoms with van der Waals surface area (Å²) < 4.78 is 12.3. The van der Waals surface area contributed by atoms with E-state index in [1.165, 1.54) is 0 Å². The van der Waals surface area contributed by atoms with Gasteiger partial charge >= 0.3 is 0 Å². The number of ether oxygens (including phenoxy) is 2. The van der Waals surface area contributed by atoms with Crippen molar-refractivity contribution >= 4 is 28.8 Å². The third-order valence-corrected chi connectivity index (χ3v) is 3.43. The standard InChI is InChI=1S/C10H19IN2O3/c1-15-8-9-16-7-2-10(14)12-3-5-13(11)6-4-12/h2-9H2,1H3. The lowest BCUT2D eigenvalue weighted by Gasteiger charge is -2.31. The predicted molar refractivity (Wildman–Crippen MR) is 69.5 cm³/mol. The maximum Gasteiger partial charge on any atom is 0.224 e. The second-order valence-electron chi connectivity index (χ2n) is 3.65. The summed E-state index contributed by atoms with van der Waals surface area (Å²) in [5, 5.41) is 0. The summed E-state index contributed by atoms with van der Waals surface area (Å²) in [7, 11) is 1.64. The van der Waals surface area contributed by atoms with Gasteiger partial charge in [-0.3, -0.25) is 4.79 Å². The van der Waals surface area contributed by atoms with Crippen LogP contribution in [0.15, 0.2) is 0 Å². The van der Waals surface area contributed by atoms with Crippen molar-refractivity contribution < 1.29 is 14.3 Å². The molecule has 1 aliphatic rings. The first-order valence-corrected chi connectivity index (χ1v) is 6.45. The van der Waals surface area contributed by atoms with Crippen LogP contribution in [-0.2, 0) is 14.3 Å². The molecule has 5 nitrogen and oxygen atoms in total. The van der Waals surface area contributed by atoms with Gasteiger partial charge in [-0.25, -0.2) is 3.11 Å². The molecule has 0 aliphatic carbocycles. The van der Waals surface area contributed by atoms with Crippen LogP contribution in [0.4, 0.5) is 0 Å². The number of carbonyl (C=O) groups excluding carboxylic acids is 1. The van der Waals surface area contributed by atoms with Crippen molar-refractivity contribution in [2.24, 2.45) is 0 Å². The van der Waals surface area contributed by atoms with E-state index in [2.05, 4.69) is 26.0 Å². The number of hydrogen-bond donors (Lipinski definition) is 0. The van der Waals surface area contributed by atoms with Gasteiger partial charge in [0.25, 0.3) is 0 Å². The number of nitrogens with zero attached hydrogens (tertiary/aromatic N) is 2. The van der Waals surface area contributed by atoms with Crippen LogP contribution in [0.5, 0.6) is 0 Å². The molecular weight excluding hydrogens is 323 g/mol. The van der Waals surface area contributed by atoms with Crippen LogP contribution >= 0.6 is 22.9 Å². The van der Waals surface area contributed by atoms with Crippen molar-refractivity contribution in [3.05, 3.63) is 0 Å². The summed E-state index contributed by atoms with van der Waals surface area (Å²) >= 11 is 2.29. The highest BCUT2D eigenvalue weighted by Gasteiger charge is 2.18. The SMILES string of the molecule is COCCOCCC(=O)N1CCN(I)CC1. The molecule has 94 valence electrons. The molecule has 0 unspecified atom stereocenters. The minimum atomic E-state index is 0.196. The van der Waals surface area contributed by atoms with Gasteiger partial charge in [0.2, 0.25) is 5.91 Å². The highest BCUT2D eigenvalue weighted by atomic mass is 127. The molecule has 0 radical (unpaired) electrons. The average Bonchev–Trinajstić information content (AvgIpc) is 2.29. The van der Waals surface area contributed by atoms with E-state index in [0.29, 0.717) is 26.2 Å². The second-order valence-corrected chi connectivity index (χ2v) is 5.01. The zero-order valence-electron chi connectivity index (χ0n) is 9.65. The first-order chi connectivity index (χ1) is 7.74. The molecule has 0 bridgehead atoms. The summed E-state index contributed by atoms with van der Waals surface area (Å²) in [5.41, 5.74) is 0. The Morgan fingerprint density at radius 1 is 1.19 bits per heavy atom. The van der Waals surface area contributed by atoms with Crippen LogP contribution in [0.2, 0.25) is 0 Å². The molecule has 6 heteroatoms. The smallest absolute Gasteiger partial charge is 0.224 e. The zero-order valence-corrected chi connectivity index (χ0v) is 11.8. The van der Waals surface area contributed by atoms with Gasteiger partial charge in [0.1, 0.15) is 0 Å². The summed E-state index contributed by atoms with van der Waals surface area (Å²) in [4.78, 5) is 13.6. The van der Waals surface area contributed by atoms with Crippen LogP contribution in [-0.4, -0.2) is 67.0 Å². The van der Waals surface area contributed by atoms with Crippen LogP contribution in [0.3, 0.4) is 0 Å². The summed E-state index contributed by atoms with van der Waals surface area (Å²) in [5.74, 6) is 0.196. The monoisotopic (exact) mass is 342 g/mol.